The Kier molecular flexibility index (Phi) is 7.27. The first kappa shape index (κ1) is 23.5. The molecule has 0 aromatic heterocycles. The van der Waals surface area contributed by atoms with E-state index in [0.29, 0.717) is 6.42 Å². The van der Waals surface area contributed by atoms with E-state index in [4.69, 9.17) is 9.47 Å². The van der Waals surface area contributed by atoms with Crippen LogP contribution in [-0.4, -0.2) is 55.0 Å². The second-order valence-corrected chi connectivity index (χ2v) is 8.49. The maximum atomic E-state index is 12.7. The molecule has 4 rings (SSSR count). The number of alkyl carbamates (subject to hydrolysis) is 1. The van der Waals surface area contributed by atoms with Gasteiger partial charge >= 0.3 is 12.1 Å². The van der Waals surface area contributed by atoms with Crippen LogP contribution in [0.3, 0.4) is 0 Å². The van der Waals surface area contributed by atoms with Crippen molar-refractivity contribution in [3.05, 3.63) is 72.3 Å². The lowest BCUT2D eigenvalue weighted by atomic mass is 9.98. The van der Waals surface area contributed by atoms with Crippen molar-refractivity contribution < 1.29 is 29.0 Å². The third kappa shape index (κ3) is 4.97. The van der Waals surface area contributed by atoms with E-state index in [0.717, 1.165) is 22.3 Å². The Morgan fingerprint density at radius 2 is 1.74 bits per heavy atom. The topological polar surface area (TPSA) is 114 Å². The molecule has 3 unspecified atom stereocenters. The summed E-state index contributed by atoms with van der Waals surface area (Å²) < 4.78 is 11.0. The quantitative estimate of drug-likeness (QED) is 0.492. The molecule has 1 fully saturated rings. The van der Waals surface area contributed by atoms with Crippen molar-refractivity contribution in [1.29, 1.82) is 0 Å². The van der Waals surface area contributed by atoms with Gasteiger partial charge in [0.05, 0.1) is 25.2 Å². The van der Waals surface area contributed by atoms with E-state index in [9.17, 15) is 19.5 Å². The van der Waals surface area contributed by atoms with E-state index in [1.54, 1.807) is 6.08 Å². The molecule has 1 aliphatic heterocycles. The van der Waals surface area contributed by atoms with E-state index >= 15 is 0 Å². The fourth-order valence-corrected chi connectivity index (χ4v) is 4.57. The second kappa shape index (κ2) is 10.5. The largest absolute Gasteiger partial charge is 0.480 e. The molecule has 8 nitrogen and oxygen atoms in total. The summed E-state index contributed by atoms with van der Waals surface area (Å²) in [6.45, 7) is 3.97. The summed E-state index contributed by atoms with van der Waals surface area (Å²) in [5.41, 5.74) is 4.49. The third-order valence-corrected chi connectivity index (χ3v) is 6.34. The number of nitrogens with one attached hydrogen (secondary N) is 2. The monoisotopic (exact) mass is 464 g/mol. The predicted molar refractivity (Wildman–Crippen MR) is 125 cm³/mol. The highest BCUT2D eigenvalue weighted by Gasteiger charge is 2.37. The number of carboxylic acid groups (broad SMARTS) is 1. The van der Waals surface area contributed by atoms with E-state index in [2.05, 4.69) is 29.3 Å². The van der Waals surface area contributed by atoms with Crippen molar-refractivity contribution in [3.63, 3.8) is 0 Å². The second-order valence-electron chi connectivity index (χ2n) is 8.49. The van der Waals surface area contributed by atoms with Gasteiger partial charge < -0.3 is 25.2 Å². The highest BCUT2D eigenvalue weighted by Crippen LogP contribution is 2.44. The molecular weight excluding hydrogens is 436 g/mol. The summed E-state index contributed by atoms with van der Waals surface area (Å²) in [5.74, 6) is -2.36. The van der Waals surface area contributed by atoms with Crippen LogP contribution in [0.4, 0.5) is 4.79 Å². The van der Waals surface area contributed by atoms with Crippen LogP contribution >= 0.6 is 0 Å². The zero-order chi connectivity index (χ0) is 24.1. The SMILES string of the molecule is C=CCCC(NC(=O)C1COCC1NC(=O)OCC1c2ccccc2-c2ccccc21)C(=O)O. The highest BCUT2D eigenvalue weighted by molar-refractivity contribution is 5.86. The van der Waals surface area contributed by atoms with Crippen molar-refractivity contribution in [2.24, 2.45) is 5.92 Å². The van der Waals surface area contributed by atoms with Gasteiger partial charge in [0.25, 0.3) is 0 Å². The number of carboxylic acids is 1. The molecule has 2 aromatic rings. The average molecular weight is 465 g/mol. The first-order valence-corrected chi connectivity index (χ1v) is 11.3. The Balaban J connectivity index is 1.35. The Morgan fingerprint density at radius 1 is 1.09 bits per heavy atom. The van der Waals surface area contributed by atoms with Crippen LogP contribution in [0.5, 0.6) is 0 Å². The number of carbonyl (C=O) groups excluding carboxylic acids is 2. The van der Waals surface area contributed by atoms with Gasteiger partial charge in [0.2, 0.25) is 5.91 Å². The Morgan fingerprint density at radius 3 is 2.35 bits per heavy atom. The maximum absolute atomic E-state index is 12.7. The average Bonchev–Trinajstić information content (AvgIpc) is 3.42. The van der Waals surface area contributed by atoms with E-state index in [1.807, 2.05) is 36.4 Å². The summed E-state index contributed by atoms with van der Waals surface area (Å²) in [6.07, 6.45) is 1.65. The van der Waals surface area contributed by atoms with Crippen LogP contribution in [0.1, 0.15) is 29.9 Å². The first-order valence-electron chi connectivity index (χ1n) is 11.3. The number of aliphatic carboxylic acids is 1. The van der Waals surface area contributed by atoms with Crippen molar-refractivity contribution in [1.82, 2.24) is 10.6 Å². The predicted octanol–water partition coefficient (Wildman–Crippen LogP) is 3.08. The van der Waals surface area contributed by atoms with Gasteiger partial charge in [-0.15, -0.1) is 6.58 Å². The first-order chi connectivity index (χ1) is 16.5. The van der Waals surface area contributed by atoms with E-state index in [-0.39, 0.29) is 32.2 Å². The van der Waals surface area contributed by atoms with Gasteiger partial charge in [-0.05, 0) is 35.1 Å². The van der Waals surface area contributed by atoms with E-state index in [1.165, 1.54) is 0 Å². The third-order valence-electron chi connectivity index (χ3n) is 6.34. The molecule has 2 aromatic carbocycles. The number of hydrogen-bond acceptors (Lipinski definition) is 5. The Hall–Kier alpha value is -3.65. The van der Waals surface area contributed by atoms with Crippen LogP contribution < -0.4 is 10.6 Å². The highest BCUT2D eigenvalue weighted by atomic mass is 16.5. The van der Waals surface area contributed by atoms with Crippen molar-refractivity contribution >= 4 is 18.0 Å². The standard InChI is InChI=1S/C26H28N2O6/c1-2-3-12-22(25(30)31)27-24(29)21-13-33-15-23(21)28-26(32)34-14-20-18-10-6-4-8-16(18)17-9-5-7-11-19(17)20/h2,4-11,20-23H,1,3,12-15H2,(H,27,29)(H,28,32)(H,30,31). The lowest BCUT2D eigenvalue weighted by Gasteiger charge is -2.21. The fourth-order valence-electron chi connectivity index (χ4n) is 4.57. The van der Waals surface area contributed by atoms with Crippen LogP contribution in [-0.2, 0) is 19.1 Å². The number of carbonyl (C=O) groups is 3. The van der Waals surface area contributed by atoms with Gasteiger partial charge in [0.15, 0.2) is 0 Å². The molecule has 3 atom stereocenters. The zero-order valence-electron chi connectivity index (χ0n) is 18.7. The number of fused-ring (bicyclic) bond motifs is 3. The number of allylic oxidation sites excluding steroid dienone is 1. The summed E-state index contributed by atoms with van der Waals surface area (Å²) in [4.78, 5) is 36.7. The van der Waals surface area contributed by atoms with Gasteiger partial charge in [-0.3, -0.25) is 4.79 Å². The van der Waals surface area contributed by atoms with Gasteiger partial charge in [-0.2, -0.15) is 0 Å². The van der Waals surface area contributed by atoms with Crippen LogP contribution in [0.2, 0.25) is 0 Å². The molecule has 0 bridgehead atoms. The molecule has 8 heteroatoms. The van der Waals surface area contributed by atoms with Gasteiger partial charge in [-0.1, -0.05) is 54.6 Å². The van der Waals surface area contributed by atoms with Crippen LogP contribution in [0.15, 0.2) is 61.2 Å². The number of amides is 2. The number of hydrogen-bond donors (Lipinski definition) is 3. The van der Waals surface area contributed by atoms with E-state index < -0.39 is 36.0 Å². The van der Waals surface area contributed by atoms with Crippen molar-refractivity contribution in [2.45, 2.75) is 30.8 Å². The molecule has 2 aliphatic rings. The molecule has 3 N–H and O–H groups in total. The summed E-state index contributed by atoms with van der Waals surface area (Å²) >= 11 is 0. The summed E-state index contributed by atoms with van der Waals surface area (Å²) in [7, 11) is 0. The zero-order valence-corrected chi connectivity index (χ0v) is 18.7. The number of benzene rings is 2. The molecule has 2 amide bonds. The van der Waals surface area contributed by atoms with Gasteiger partial charge in [0, 0.05) is 5.92 Å². The molecule has 1 saturated heterocycles. The lowest BCUT2D eigenvalue weighted by molar-refractivity contribution is -0.142. The number of ether oxygens (including phenoxy) is 2. The Labute approximate surface area is 198 Å². The Bertz CT molecular complexity index is 1040. The molecule has 1 aliphatic carbocycles. The summed E-state index contributed by atoms with van der Waals surface area (Å²) in [6, 6.07) is 14.5. The van der Waals surface area contributed by atoms with Crippen molar-refractivity contribution in [2.75, 3.05) is 19.8 Å². The lowest BCUT2D eigenvalue weighted by Crippen LogP contribution is -2.50. The van der Waals surface area contributed by atoms with Crippen LogP contribution in [0.25, 0.3) is 11.1 Å². The minimum Gasteiger partial charge on any atom is -0.480 e. The molecular formula is C26H28N2O6. The normalized spacial score (nSPS) is 19.5. The minimum absolute atomic E-state index is 0.0711. The molecule has 0 saturated carbocycles. The molecule has 1 heterocycles. The number of rotatable bonds is 9. The summed E-state index contributed by atoms with van der Waals surface area (Å²) in [5, 5.41) is 14.6. The van der Waals surface area contributed by atoms with Crippen molar-refractivity contribution in [3.8, 4) is 11.1 Å². The molecule has 178 valence electrons. The molecule has 0 spiro atoms. The molecule has 34 heavy (non-hydrogen) atoms. The van der Waals surface area contributed by atoms with Crippen LogP contribution in [0, 0.1) is 5.92 Å². The van der Waals surface area contributed by atoms with Gasteiger partial charge in [-0.25, -0.2) is 9.59 Å². The van der Waals surface area contributed by atoms with Gasteiger partial charge in [0.1, 0.15) is 12.6 Å². The fraction of sp³-hybridized carbons (Fsp3) is 0.346. The minimum atomic E-state index is -1.12. The smallest absolute Gasteiger partial charge is 0.407 e. The maximum Gasteiger partial charge on any atom is 0.407 e. The molecule has 0 radical (unpaired) electrons.